The highest BCUT2D eigenvalue weighted by Crippen LogP contribution is 2.00. The highest BCUT2D eigenvalue weighted by atomic mass is 19.1. The van der Waals surface area contributed by atoms with Crippen molar-refractivity contribution in [3.8, 4) is 0 Å². The predicted molar refractivity (Wildman–Crippen MR) is 44.0 cm³/mol. The number of halogens is 1. The van der Waals surface area contributed by atoms with Gasteiger partial charge in [0.2, 0.25) is 0 Å². The Morgan fingerprint density at radius 2 is 2.36 bits per heavy atom. The molecule has 0 saturated carbocycles. The summed E-state index contributed by atoms with van der Waals surface area (Å²) in [7, 11) is 0. The zero-order valence-electron chi connectivity index (χ0n) is 7.09. The summed E-state index contributed by atoms with van der Waals surface area (Å²) in [6.07, 6.45) is 1.25. The predicted octanol–water partition coefficient (Wildman–Crippen LogP) is -1.33. The van der Waals surface area contributed by atoms with Gasteiger partial charge in [0.15, 0.2) is 12.4 Å². The minimum Gasteiger partial charge on any atom is -0.325 e. The Hall–Kier alpha value is -1.83. The first-order valence-corrected chi connectivity index (χ1v) is 3.83. The van der Waals surface area contributed by atoms with Gasteiger partial charge in [-0.1, -0.05) is 5.21 Å². The smallest absolute Gasteiger partial charge is 0.325 e. The number of rotatable bonds is 2. The summed E-state index contributed by atoms with van der Waals surface area (Å²) in [5.74, 6) is 0. The summed E-state index contributed by atoms with van der Waals surface area (Å²) in [5.41, 5.74) is 5.46. The molecule has 0 aromatic carbocycles. The van der Waals surface area contributed by atoms with E-state index in [4.69, 9.17) is 5.73 Å². The van der Waals surface area contributed by atoms with Gasteiger partial charge in [0, 0.05) is 6.54 Å². The average Bonchev–Trinajstić information content (AvgIpc) is 2.62. The molecule has 7 nitrogen and oxygen atoms in total. The van der Waals surface area contributed by atoms with E-state index in [-0.39, 0.29) is 12.2 Å². The topological polar surface area (TPSA) is 91.1 Å². The van der Waals surface area contributed by atoms with E-state index < -0.39 is 12.5 Å². The monoisotopic (exact) mass is 198 g/mol. The van der Waals surface area contributed by atoms with Gasteiger partial charge >= 0.3 is 5.69 Å². The first-order valence-electron chi connectivity index (χ1n) is 3.83. The van der Waals surface area contributed by atoms with E-state index >= 15 is 0 Å². The van der Waals surface area contributed by atoms with Crippen LogP contribution >= 0.6 is 0 Å². The van der Waals surface area contributed by atoms with Gasteiger partial charge in [0.05, 0.1) is 0 Å². The molecule has 0 aliphatic carbocycles. The maximum Gasteiger partial charge on any atom is 0.355 e. The fourth-order valence-electron chi connectivity index (χ4n) is 1.10. The van der Waals surface area contributed by atoms with Crippen molar-refractivity contribution in [3.05, 3.63) is 22.5 Å². The van der Waals surface area contributed by atoms with E-state index in [0.717, 1.165) is 4.40 Å². The van der Waals surface area contributed by atoms with E-state index in [1.807, 2.05) is 0 Å². The second-order valence-corrected chi connectivity index (χ2v) is 2.58. The van der Waals surface area contributed by atoms with Crippen molar-refractivity contribution in [1.29, 1.82) is 0 Å². The minimum absolute atomic E-state index is 0.157. The quantitative estimate of drug-likeness (QED) is 0.645. The van der Waals surface area contributed by atoms with Gasteiger partial charge in [0.1, 0.15) is 12.0 Å². The molecule has 0 radical (unpaired) electrons. The van der Waals surface area contributed by atoms with E-state index in [2.05, 4.69) is 15.3 Å². The van der Waals surface area contributed by atoms with E-state index in [1.54, 1.807) is 0 Å². The number of fused-ring (bicyclic) bond motifs is 1. The molecule has 2 N–H and O–H groups in total. The van der Waals surface area contributed by atoms with E-state index in [0.29, 0.717) is 10.4 Å². The Balaban J connectivity index is 2.79. The highest BCUT2D eigenvalue weighted by molar-refractivity contribution is 5.41. The van der Waals surface area contributed by atoms with Crippen LogP contribution in [0.5, 0.6) is 0 Å². The van der Waals surface area contributed by atoms with Crippen molar-refractivity contribution in [2.75, 3.05) is 0 Å². The standard InChI is InChI=1S/C6H7FN6O/c7-2-13-6(14)12-3-9-4(1-8)5(12)10-11-13/h3H,1-2,8H2. The maximum atomic E-state index is 12.2. The average molecular weight is 198 g/mol. The maximum absolute atomic E-state index is 12.2. The number of alkyl halides is 1. The summed E-state index contributed by atoms with van der Waals surface area (Å²) < 4.78 is 13.9. The van der Waals surface area contributed by atoms with Gasteiger partial charge in [-0.2, -0.15) is 4.68 Å². The molecular weight excluding hydrogens is 191 g/mol. The number of nitrogens with zero attached hydrogens (tertiary/aromatic N) is 5. The van der Waals surface area contributed by atoms with Crippen molar-refractivity contribution in [2.24, 2.45) is 5.73 Å². The number of aromatic nitrogens is 5. The summed E-state index contributed by atoms with van der Waals surface area (Å²) in [4.78, 5) is 15.2. The molecule has 0 unspecified atom stereocenters. The molecule has 2 heterocycles. The zero-order chi connectivity index (χ0) is 10.1. The summed E-state index contributed by atoms with van der Waals surface area (Å²) in [6, 6.07) is 0. The number of hydrogen-bond acceptors (Lipinski definition) is 5. The van der Waals surface area contributed by atoms with Crippen molar-refractivity contribution in [1.82, 2.24) is 24.4 Å². The molecule has 0 aliphatic rings. The number of imidazole rings is 1. The fraction of sp³-hybridized carbons (Fsp3) is 0.333. The lowest BCUT2D eigenvalue weighted by atomic mass is 10.5. The highest BCUT2D eigenvalue weighted by Gasteiger charge is 2.09. The molecule has 2 aromatic rings. The van der Waals surface area contributed by atoms with Gasteiger partial charge < -0.3 is 5.73 Å². The molecule has 0 atom stereocenters. The summed E-state index contributed by atoms with van der Waals surface area (Å²) in [5, 5.41) is 7.01. The van der Waals surface area contributed by atoms with Gasteiger partial charge in [0.25, 0.3) is 0 Å². The molecule has 0 fully saturated rings. The van der Waals surface area contributed by atoms with Crippen molar-refractivity contribution in [2.45, 2.75) is 13.3 Å². The van der Waals surface area contributed by atoms with Gasteiger partial charge in [-0.3, -0.25) is 0 Å². The lowest BCUT2D eigenvalue weighted by molar-refractivity contribution is 0.320. The van der Waals surface area contributed by atoms with Gasteiger partial charge in [-0.05, 0) is 0 Å². The Kier molecular flexibility index (Phi) is 1.97. The van der Waals surface area contributed by atoms with Crippen LogP contribution in [0.4, 0.5) is 4.39 Å². The van der Waals surface area contributed by atoms with Crippen LogP contribution in [0.3, 0.4) is 0 Å². The Labute approximate surface area is 77.0 Å². The summed E-state index contributed by atoms with van der Waals surface area (Å²) in [6.45, 7) is -0.859. The number of hydrogen-bond donors (Lipinski definition) is 1. The van der Waals surface area contributed by atoms with Crippen molar-refractivity contribution < 1.29 is 4.39 Å². The Bertz CT molecular complexity index is 517. The SMILES string of the molecule is NCc1ncn2c(=O)n(CF)nnc12. The molecule has 8 heteroatoms. The molecule has 0 saturated heterocycles. The Morgan fingerprint density at radius 3 is 3.00 bits per heavy atom. The molecule has 0 amide bonds. The summed E-state index contributed by atoms with van der Waals surface area (Å²) >= 11 is 0. The third kappa shape index (κ3) is 1.08. The van der Waals surface area contributed by atoms with Crippen LogP contribution in [0.25, 0.3) is 5.65 Å². The molecule has 2 aromatic heterocycles. The van der Waals surface area contributed by atoms with Crippen molar-refractivity contribution in [3.63, 3.8) is 0 Å². The largest absolute Gasteiger partial charge is 0.355 e. The van der Waals surface area contributed by atoms with Gasteiger partial charge in [-0.15, -0.1) is 5.10 Å². The second kappa shape index (κ2) is 3.14. The first kappa shape index (κ1) is 8.75. The number of nitrogens with two attached hydrogens (primary N) is 1. The third-order valence-corrected chi connectivity index (χ3v) is 1.80. The van der Waals surface area contributed by atoms with Crippen LogP contribution in [-0.4, -0.2) is 24.4 Å². The Morgan fingerprint density at radius 1 is 1.57 bits per heavy atom. The first-order chi connectivity index (χ1) is 6.77. The lowest BCUT2D eigenvalue weighted by Crippen LogP contribution is -2.28. The van der Waals surface area contributed by atoms with Crippen LogP contribution in [0, 0.1) is 0 Å². The van der Waals surface area contributed by atoms with E-state index in [9.17, 15) is 9.18 Å². The van der Waals surface area contributed by atoms with Crippen LogP contribution in [0.1, 0.15) is 5.69 Å². The van der Waals surface area contributed by atoms with Crippen molar-refractivity contribution >= 4 is 5.65 Å². The molecule has 14 heavy (non-hydrogen) atoms. The molecule has 0 aliphatic heterocycles. The van der Waals surface area contributed by atoms with E-state index in [1.165, 1.54) is 6.33 Å². The van der Waals surface area contributed by atoms with Crippen LogP contribution in [0.2, 0.25) is 0 Å². The van der Waals surface area contributed by atoms with Gasteiger partial charge in [-0.25, -0.2) is 18.6 Å². The minimum atomic E-state index is -1.02. The molecular formula is C6H7FN6O. The molecule has 0 bridgehead atoms. The normalized spacial score (nSPS) is 11.0. The third-order valence-electron chi connectivity index (χ3n) is 1.80. The molecule has 0 spiro atoms. The zero-order valence-corrected chi connectivity index (χ0v) is 7.09. The molecule has 74 valence electrons. The lowest BCUT2D eigenvalue weighted by Gasteiger charge is -1.97. The van der Waals surface area contributed by atoms with Crippen LogP contribution in [0.15, 0.2) is 11.1 Å². The molecule has 2 rings (SSSR count). The van der Waals surface area contributed by atoms with Crippen LogP contribution < -0.4 is 11.4 Å². The van der Waals surface area contributed by atoms with Crippen LogP contribution in [-0.2, 0) is 13.3 Å². The second-order valence-electron chi connectivity index (χ2n) is 2.58. The fourth-order valence-corrected chi connectivity index (χ4v) is 1.10.